The molecule has 0 unspecified atom stereocenters. The predicted molar refractivity (Wildman–Crippen MR) is 112 cm³/mol. The Hall–Kier alpha value is -3.45. The molecule has 1 aromatic carbocycles. The van der Waals surface area contributed by atoms with Crippen LogP contribution in [-0.4, -0.2) is 51.4 Å². The molecule has 7 nitrogen and oxygen atoms in total. The molecule has 4 rings (SSSR count). The maximum absolute atomic E-state index is 11.9. The van der Waals surface area contributed by atoms with Gasteiger partial charge in [0.15, 0.2) is 0 Å². The third-order valence-electron chi connectivity index (χ3n) is 4.68. The normalized spacial score (nSPS) is 11.3. The van der Waals surface area contributed by atoms with E-state index < -0.39 is 0 Å². The number of esters is 1. The average molecular weight is 389 g/mol. The molecule has 29 heavy (non-hydrogen) atoms. The number of pyridine rings is 1. The van der Waals surface area contributed by atoms with E-state index in [0.29, 0.717) is 6.73 Å². The predicted octanol–water partition coefficient (Wildman–Crippen LogP) is 3.33. The average Bonchev–Trinajstić information content (AvgIpc) is 3.33. The van der Waals surface area contributed by atoms with Gasteiger partial charge in [-0.3, -0.25) is 9.69 Å². The summed E-state index contributed by atoms with van der Waals surface area (Å²) in [6, 6.07) is 11.9. The van der Waals surface area contributed by atoms with Gasteiger partial charge in [-0.15, -0.1) is 0 Å². The Labute approximate surface area is 168 Å². The highest BCUT2D eigenvalue weighted by Crippen LogP contribution is 2.26. The highest BCUT2D eigenvalue weighted by molar-refractivity contribution is 5.84. The van der Waals surface area contributed by atoms with Gasteiger partial charge < -0.3 is 9.72 Å². The number of benzene rings is 1. The number of aryl methyl sites for hydroxylation is 1. The summed E-state index contributed by atoms with van der Waals surface area (Å²) in [5.41, 5.74) is 5.77. The van der Waals surface area contributed by atoms with Crippen molar-refractivity contribution in [2.24, 2.45) is 0 Å². The number of hydrogen-bond acceptors (Lipinski definition) is 5. The number of nitrogens with one attached hydrogen (secondary N) is 1. The number of carbonyl (C=O) groups is 1. The molecule has 0 saturated carbocycles. The minimum Gasteiger partial charge on any atom is -0.449 e. The van der Waals surface area contributed by atoms with E-state index in [4.69, 9.17) is 9.84 Å². The van der Waals surface area contributed by atoms with Gasteiger partial charge in [-0.1, -0.05) is 24.3 Å². The van der Waals surface area contributed by atoms with E-state index in [1.807, 2.05) is 79.4 Å². The van der Waals surface area contributed by atoms with E-state index in [1.54, 1.807) is 6.20 Å². The number of aromatic amines is 1. The maximum Gasteiger partial charge on any atom is 0.311 e. The topological polar surface area (TPSA) is 76.0 Å². The van der Waals surface area contributed by atoms with Crippen molar-refractivity contribution in [1.29, 1.82) is 0 Å². The Balaban J connectivity index is 1.55. The monoisotopic (exact) mass is 389 g/mol. The zero-order valence-corrected chi connectivity index (χ0v) is 16.7. The second kappa shape index (κ2) is 7.89. The number of rotatable bonds is 6. The van der Waals surface area contributed by atoms with Crippen molar-refractivity contribution in [2.75, 3.05) is 20.8 Å². The molecule has 3 heterocycles. The lowest BCUT2D eigenvalue weighted by molar-refractivity contribution is -0.146. The lowest BCUT2D eigenvalue weighted by Crippen LogP contribution is -2.20. The molecular weight excluding hydrogens is 366 g/mol. The number of H-pyrrole nitrogens is 1. The molecule has 0 aliphatic heterocycles. The Morgan fingerprint density at radius 1 is 1.17 bits per heavy atom. The standard InChI is InChI=1S/C22H23N5O2/c1-15-19(13-27(25-15)20-9-11-24-22-18(20)8-10-23-22)17-6-4-16(5-7-17)12-21(28)29-14-26(2)3/h4-11,13H,12,14H2,1-3H3,(H,23,24). The lowest BCUT2D eigenvalue weighted by atomic mass is 10.0. The van der Waals surface area contributed by atoms with Crippen molar-refractivity contribution < 1.29 is 9.53 Å². The molecule has 4 aromatic rings. The van der Waals surface area contributed by atoms with Gasteiger partial charge in [0.05, 0.1) is 17.8 Å². The summed E-state index contributed by atoms with van der Waals surface area (Å²) >= 11 is 0. The molecular formula is C22H23N5O2. The first-order valence-electron chi connectivity index (χ1n) is 9.39. The molecule has 0 spiro atoms. The molecule has 1 N–H and O–H groups in total. The molecule has 148 valence electrons. The van der Waals surface area contributed by atoms with Gasteiger partial charge in [0.1, 0.15) is 12.4 Å². The van der Waals surface area contributed by atoms with Crippen LogP contribution in [0.3, 0.4) is 0 Å². The molecule has 0 aliphatic rings. The molecule has 0 saturated heterocycles. The highest BCUT2D eigenvalue weighted by Gasteiger charge is 2.12. The zero-order valence-electron chi connectivity index (χ0n) is 16.7. The summed E-state index contributed by atoms with van der Waals surface area (Å²) in [5, 5.41) is 5.72. The van der Waals surface area contributed by atoms with Crippen molar-refractivity contribution >= 4 is 17.0 Å². The summed E-state index contributed by atoms with van der Waals surface area (Å²) in [6.45, 7) is 2.28. The SMILES string of the molecule is Cc1nn(-c2ccnc3[nH]ccc23)cc1-c1ccc(CC(=O)OCN(C)C)cc1. The minimum atomic E-state index is -0.233. The van der Waals surface area contributed by atoms with E-state index in [2.05, 4.69) is 9.97 Å². The third-order valence-corrected chi connectivity index (χ3v) is 4.68. The largest absolute Gasteiger partial charge is 0.449 e. The van der Waals surface area contributed by atoms with Gasteiger partial charge in [0, 0.05) is 29.5 Å². The van der Waals surface area contributed by atoms with E-state index in [9.17, 15) is 4.79 Å². The molecule has 0 radical (unpaired) electrons. The summed E-state index contributed by atoms with van der Waals surface area (Å²) in [4.78, 5) is 21.2. The number of nitrogens with zero attached hydrogens (tertiary/aromatic N) is 4. The minimum absolute atomic E-state index is 0.233. The van der Waals surface area contributed by atoms with Crippen molar-refractivity contribution in [1.82, 2.24) is 24.6 Å². The Kier molecular flexibility index (Phi) is 5.14. The summed E-state index contributed by atoms with van der Waals surface area (Å²) < 4.78 is 7.07. The molecule has 0 fully saturated rings. The van der Waals surface area contributed by atoms with Crippen LogP contribution in [0, 0.1) is 6.92 Å². The van der Waals surface area contributed by atoms with Gasteiger partial charge in [0.25, 0.3) is 0 Å². The first-order chi connectivity index (χ1) is 14.0. The van der Waals surface area contributed by atoms with Gasteiger partial charge >= 0.3 is 5.97 Å². The summed E-state index contributed by atoms with van der Waals surface area (Å²) in [5.74, 6) is -0.233. The smallest absolute Gasteiger partial charge is 0.311 e. The number of ether oxygens (including phenoxy) is 1. The van der Waals surface area contributed by atoms with Crippen LogP contribution in [0.4, 0.5) is 0 Å². The molecule has 3 aromatic heterocycles. The van der Waals surface area contributed by atoms with Crippen molar-refractivity contribution in [2.45, 2.75) is 13.3 Å². The first-order valence-corrected chi connectivity index (χ1v) is 9.39. The second-order valence-electron chi connectivity index (χ2n) is 7.24. The van der Waals surface area contributed by atoms with Crippen LogP contribution in [-0.2, 0) is 16.0 Å². The van der Waals surface area contributed by atoms with E-state index >= 15 is 0 Å². The van der Waals surface area contributed by atoms with Crippen LogP contribution >= 0.6 is 0 Å². The van der Waals surface area contributed by atoms with Crippen LogP contribution in [0.5, 0.6) is 0 Å². The van der Waals surface area contributed by atoms with Crippen LogP contribution in [0.15, 0.2) is 55.0 Å². The molecule has 0 bridgehead atoms. The lowest BCUT2D eigenvalue weighted by Gasteiger charge is -2.10. The van der Waals surface area contributed by atoms with Gasteiger partial charge in [0.2, 0.25) is 0 Å². The number of aromatic nitrogens is 4. The van der Waals surface area contributed by atoms with Gasteiger partial charge in [-0.25, -0.2) is 9.67 Å². The van der Waals surface area contributed by atoms with Gasteiger partial charge in [-0.05, 0) is 44.3 Å². The Bertz CT molecular complexity index is 1140. The Morgan fingerprint density at radius 3 is 2.72 bits per heavy atom. The summed E-state index contributed by atoms with van der Waals surface area (Å²) in [7, 11) is 3.72. The van der Waals surface area contributed by atoms with Crippen molar-refractivity contribution in [3.63, 3.8) is 0 Å². The second-order valence-corrected chi connectivity index (χ2v) is 7.24. The number of hydrogen-bond donors (Lipinski definition) is 1. The maximum atomic E-state index is 11.9. The number of fused-ring (bicyclic) bond motifs is 1. The van der Waals surface area contributed by atoms with Crippen molar-refractivity contribution in [3.05, 3.63) is 66.2 Å². The third kappa shape index (κ3) is 4.05. The quantitative estimate of drug-likeness (QED) is 0.404. The van der Waals surface area contributed by atoms with Crippen LogP contribution < -0.4 is 0 Å². The van der Waals surface area contributed by atoms with Gasteiger partial charge in [-0.2, -0.15) is 5.10 Å². The van der Waals surface area contributed by atoms with E-state index in [0.717, 1.165) is 39.1 Å². The van der Waals surface area contributed by atoms with E-state index in [-0.39, 0.29) is 12.4 Å². The Morgan fingerprint density at radius 2 is 1.97 bits per heavy atom. The fourth-order valence-electron chi connectivity index (χ4n) is 3.23. The molecule has 0 amide bonds. The van der Waals surface area contributed by atoms with Crippen molar-refractivity contribution in [3.8, 4) is 16.8 Å². The number of carbonyl (C=O) groups excluding carboxylic acids is 1. The van der Waals surface area contributed by atoms with Crippen LogP contribution in [0.2, 0.25) is 0 Å². The van der Waals surface area contributed by atoms with E-state index in [1.165, 1.54) is 0 Å². The highest BCUT2D eigenvalue weighted by atomic mass is 16.5. The fourth-order valence-corrected chi connectivity index (χ4v) is 3.23. The summed E-state index contributed by atoms with van der Waals surface area (Å²) in [6.07, 6.45) is 5.93. The zero-order chi connectivity index (χ0) is 20.4. The van der Waals surface area contributed by atoms with Crippen LogP contribution in [0.25, 0.3) is 27.8 Å². The first kappa shape index (κ1) is 18.9. The molecule has 0 aliphatic carbocycles. The fraction of sp³-hybridized carbons (Fsp3) is 0.227. The molecule has 7 heteroatoms. The molecule has 0 atom stereocenters. The van der Waals surface area contributed by atoms with Crippen LogP contribution in [0.1, 0.15) is 11.3 Å².